The number of non-ortho nitro benzene ring substituents is 1. The Hall–Kier alpha value is -3.72. The molecule has 29 heavy (non-hydrogen) atoms. The molecule has 1 amide bonds. The number of thiazole rings is 1. The second kappa shape index (κ2) is 7.36. The summed E-state index contributed by atoms with van der Waals surface area (Å²) in [6.45, 7) is 4.13. The Morgan fingerprint density at radius 1 is 1.38 bits per heavy atom. The zero-order valence-electron chi connectivity index (χ0n) is 15.3. The van der Waals surface area contributed by atoms with Crippen LogP contribution in [0.5, 0.6) is 5.75 Å². The summed E-state index contributed by atoms with van der Waals surface area (Å²) in [6, 6.07) is 11.5. The van der Waals surface area contributed by atoms with Crippen molar-refractivity contribution in [1.29, 1.82) is 0 Å². The van der Waals surface area contributed by atoms with Crippen molar-refractivity contribution in [2.45, 2.75) is 6.54 Å². The van der Waals surface area contributed by atoms with Gasteiger partial charge in [-0.1, -0.05) is 29.5 Å². The third-order valence-corrected chi connectivity index (χ3v) is 5.37. The molecule has 2 aromatic heterocycles. The van der Waals surface area contributed by atoms with E-state index >= 15 is 0 Å². The number of nitro groups is 1. The van der Waals surface area contributed by atoms with E-state index in [1.807, 2.05) is 6.07 Å². The summed E-state index contributed by atoms with van der Waals surface area (Å²) >= 11 is 1.19. The number of benzene rings is 2. The van der Waals surface area contributed by atoms with Crippen LogP contribution in [0.25, 0.3) is 21.2 Å². The lowest BCUT2D eigenvalue weighted by Crippen LogP contribution is -2.16. The number of nitro benzene ring substituents is 1. The summed E-state index contributed by atoms with van der Waals surface area (Å²) in [5.41, 5.74) is 1.18. The molecule has 2 aromatic carbocycles. The molecule has 0 aliphatic heterocycles. The van der Waals surface area contributed by atoms with Gasteiger partial charge in [0.15, 0.2) is 21.9 Å². The molecule has 0 aliphatic rings. The van der Waals surface area contributed by atoms with Crippen LogP contribution in [0.1, 0.15) is 10.6 Å². The van der Waals surface area contributed by atoms with Crippen molar-refractivity contribution in [2.75, 3.05) is 7.11 Å². The van der Waals surface area contributed by atoms with E-state index in [4.69, 9.17) is 9.15 Å². The lowest BCUT2D eigenvalue weighted by Gasteiger charge is -2.00. The quantitative estimate of drug-likeness (QED) is 0.278. The van der Waals surface area contributed by atoms with Gasteiger partial charge in [0.1, 0.15) is 0 Å². The van der Waals surface area contributed by atoms with Gasteiger partial charge in [-0.3, -0.25) is 14.9 Å². The molecule has 0 N–H and O–H groups in total. The van der Waals surface area contributed by atoms with Gasteiger partial charge < -0.3 is 13.7 Å². The minimum atomic E-state index is -0.554. The van der Waals surface area contributed by atoms with Gasteiger partial charge in [-0.05, 0) is 18.2 Å². The van der Waals surface area contributed by atoms with Crippen molar-refractivity contribution in [3.8, 4) is 5.75 Å². The molecule has 0 bridgehead atoms. The van der Waals surface area contributed by atoms with Gasteiger partial charge in [0.25, 0.3) is 5.69 Å². The van der Waals surface area contributed by atoms with Crippen molar-refractivity contribution < 1.29 is 18.9 Å². The third-order valence-electron chi connectivity index (χ3n) is 4.32. The Balaban J connectivity index is 1.84. The number of fused-ring (bicyclic) bond motifs is 2. The number of furan rings is 1. The van der Waals surface area contributed by atoms with Crippen molar-refractivity contribution in [3.63, 3.8) is 0 Å². The summed E-state index contributed by atoms with van der Waals surface area (Å²) in [5.74, 6) is 0.0534. The predicted molar refractivity (Wildman–Crippen MR) is 109 cm³/mol. The lowest BCUT2D eigenvalue weighted by atomic mass is 10.2. The minimum Gasteiger partial charge on any atom is -0.493 e. The van der Waals surface area contributed by atoms with Crippen LogP contribution in [0.4, 0.5) is 5.69 Å². The fraction of sp³-hybridized carbons (Fsp3) is 0.100. The number of hydrogen-bond donors (Lipinski definition) is 0. The van der Waals surface area contributed by atoms with Crippen LogP contribution in [0.15, 0.2) is 64.5 Å². The van der Waals surface area contributed by atoms with Crippen LogP contribution in [0.3, 0.4) is 0 Å². The Labute approximate surface area is 168 Å². The smallest absolute Gasteiger partial charge is 0.315 e. The van der Waals surface area contributed by atoms with Crippen molar-refractivity contribution >= 4 is 44.1 Å². The van der Waals surface area contributed by atoms with Gasteiger partial charge in [0.2, 0.25) is 0 Å². The Bertz CT molecular complexity index is 1350. The van der Waals surface area contributed by atoms with E-state index in [0.717, 1.165) is 10.9 Å². The summed E-state index contributed by atoms with van der Waals surface area (Å²) in [7, 11) is 1.53. The first-order valence-electron chi connectivity index (χ1n) is 8.56. The van der Waals surface area contributed by atoms with E-state index in [1.54, 1.807) is 34.9 Å². The molecule has 0 spiro atoms. The third kappa shape index (κ3) is 3.32. The van der Waals surface area contributed by atoms with Crippen LogP contribution in [0.2, 0.25) is 0 Å². The molecule has 0 unspecified atom stereocenters. The number of amides is 1. The van der Waals surface area contributed by atoms with Crippen molar-refractivity contribution in [3.05, 3.63) is 75.8 Å². The van der Waals surface area contributed by atoms with Gasteiger partial charge in [-0.15, -0.1) is 6.58 Å². The molecule has 9 heteroatoms. The van der Waals surface area contributed by atoms with Crippen molar-refractivity contribution in [2.24, 2.45) is 4.99 Å². The zero-order chi connectivity index (χ0) is 20.5. The Morgan fingerprint density at radius 2 is 2.21 bits per heavy atom. The molecule has 0 radical (unpaired) electrons. The standard InChI is InChI=1S/C20H15N3O5S/c1-3-9-22-14-8-7-13(23(25)26)11-17(14)29-20(22)21-19(24)16-10-12-5-4-6-15(27-2)18(12)28-16/h3-8,10-11H,1,9H2,2H3. The molecule has 0 atom stereocenters. The molecule has 4 aromatic rings. The average Bonchev–Trinajstić information content (AvgIpc) is 3.29. The SMILES string of the molecule is C=CCn1c(=NC(=O)c2cc3cccc(OC)c3o2)sc2cc([N+](=O)[O-])ccc21. The number of carbonyl (C=O) groups excluding carboxylic acids is 1. The highest BCUT2D eigenvalue weighted by atomic mass is 32.1. The van der Waals surface area contributed by atoms with Crippen LogP contribution in [0, 0.1) is 10.1 Å². The average molecular weight is 409 g/mol. The number of carbonyl (C=O) groups is 1. The summed E-state index contributed by atoms with van der Waals surface area (Å²) in [6.07, 6.45) is 1.67. The highest BCUT2D eigenvalue weighted by molar-refractivity contribution is 7.16. The second-order valence-corrected chi connectivity index (χ2v) is 7.11. The summed E-state index contributed by atoms with van der Waals surface area (Å²) in [5, 5.41) is 11.8. The molecule has 0 fully saturated rings. The summed E-state index contributed by atoms with van der Waals surface area (Å²) in [4.78, 5) is 27.9. The largest absolute Gasteiger partial charge is 0.493 e. The van der Waals surface area contributed by atoms with Gasteiger partial charge in [-0.2, -0.15) is 4.99 Å². The zero-order valence-corrected chi connectivity index (χ0v) is 16.1. The first-order valence-corrected chi connectivity index (χ1v) is 9.37. The molecule has 0 saturated heterocycles. The molecular formula is C20H15N3O5S. The molecular weight excluding hydrogens is 394 g/mol. The second-order valence-electron chi connectivity index (χ2n) is 6.10. The number of para-hydroxylation sites is 1. The first kappa shape index (κ1) is 18.6. The number of allylic oxidation sites excluding steroid dienone is 1. The topological polar surface area (TPSA) is 99.9 Å². The van der Waals surface area contributed by atoms with Crippen LogP contribution in [-0.2, 0) is 6.54 Å². The number of aromatic nitrogens is 1. The number of nitrogens with zero attached hydrogens (tertiary/aromatic N) is 3. The Morgan fingerprint density at radius 3 is 2.93 bits per heavy atom. The van der Waals surface area contributed by atoms with E-state index in [-0.39, 0.29) is 11.4 Å². The maximum absolute atomic E-state index is 12.7. The van der Waals surface area contributed by atoms with E-state index in [9.17, 15) is 14.9 Å². The van der Waals surface area contributed by atoms with Crippen LogP contribution >= 0.6 is 11.3 Å². The highest BCUT2D eigenvalue weighted by Gasteiger charge is 2.16. The molecule has 146 valence electrons. The minimum absolute atomic E-state index is 0.0215. The van der Waals surface area contributed by atoms with E-state index in [1.165, 1.54) is 30.6 Å². The normalized spacial score (nSPS) is 11.8. The number of ether oxygens (including phenoxy) is 1. The Kier molecular flexibility index (Phi) is 4.73. The maximum Gasteiger partial charge on any atom is 0.315 e. The van der Waals surface area contributed by atoms with Crippen molar-refractivity contribution in [1.82, 2.24) is 4.57 Å². The van der Waals surface area contributed by atoms with Gasteiger partial charge in [0, 0.05) is 24.1 Å². The molecule has 0 saturated carbocycles. The molecule has 2 heterocycles. The van der Waals surface area contributed by atoms with E-state index in [2.05, 4.69) is 11.6 Å². The van der Waals surface area contributed by atoms with Gasteiger partial charge >= 0.3 is 5.91 Å². The molecule has 8 nitrogen and oxygen atoms in total. The van der Waals surface area contributed by atoms with Crippen LogP contribution in [-0.4, -0.2) is 22.5 Å². The fourth-order valence-electron chi connectivity index (χ4n) is 3.01. The van der Waals surface area contributed by atoms with Gasteiger partial charge in [-0.25, -0.2) is 0 Å². The van der Waals surface area contributed by atoms with Crippen LogP contribution < -0.4 is 9.54 Å². The molecule has 4 rings (SSSR count). The first-order chi connectivity index (χ1) is 14.0. The highest BCUT2D eigenvalue weighted by Crippen LogP contribution is 2.29. The lowest BCUT2D eigenvalue weighted by molar-refractivity contribution is -0.384. The number of hydrogen-bond acceptors (Lipinski definition) is 6. The van der Waals surface area contributed by atoms with E-state index in [0.29, 0.717) is 27.4 Å². The molecule has 0 aliphatic carbocycles. The monoisotopic (exact) mass is 409 g/mol. The predicted octanol–water partition coefficient (Wildman–Crippen LogP) is 4.29. The fourth-order valence-corrected chi connectivity index (χ4v) is 4.08. The number of rotatable bonds is 5. The number of methoxy groups -OCH3 is 1. The summed E-state index contributed by atoms with van der Waals surface area (Å²) < 4.78 is 13.4. The van der Waals surface area contributed by atoms with E-state index < -0.39 is 10.8 Å². The maximum atomic E-state index is 12.7. The van der Waals surface area contributed by atoms with Gasteiger partial charge in [0.05, 0.1) is 22.2 Å².